The van der Waals surface area contributed by atoms with E-state index in [9.17, 15) is 9.59 Å². The maximum Gasteiger partial charge on any atom is 0.410 e. The number of rotatable bonds is 4. The summed E-state index contributed by atoms with van der Waals surface area (Å²) < 4.78 is 10.7. The Balaban J connectivity index is 1.73. The van der Waals surface area contributed by atoms with Gasteiger partial charge in [0.15, 0.2) is 0 Å². The molecule has 2 aliphatic heterocycles. The molecule has 6 heteroatoms. The van der Waals surface area contributed by atoms with Crippen LogP contribution in [0.1, 0.15) is 23.7 Å². The number of cyclic esters (lactones) is 1. The van der Waals surface area contributed by atoms with Gasteiger partial charge in [-0.25, -0.2) is 4.79 Å². The van der Waals surface area contributed by atoms with E-state index in [2.05, 4.69) is 0 Å². The Hall–Kier alpha value is -2.24. The lowest BCUT2D eigenvalue weighted by atomic mass is 10.1. The Labute approximate surface area is 129 Å². The number of amides is 2. The minimum absolute atomic E-state index is 0.0334. The third-order valence-corrected chi connectivity index (χ3v) is 3.98. The average Bonchev–Trinajstić information content (AvgIpc) is 2.93. The molecule has 2 heterocycles. The number of para-hydroxylation sites is 1. The normalized spacial score (nSPS) is 20.6. The quantitative estimate of drug-likeness (QED) is 0.850. The average molecular weight is 304 g/mol. The summed E-state index contributed by atoms with van der Waals surface area (Å²) in [6, 6.07) is 7.28. The monoisotopic (exact) mass is 304 g/mol. The highest BCUT2D eigenvalue weighted by molar-refractivity contribution is 5.97. The van der Waals surface area contributed by atoms with Gasteiger partial charge in [0.25, 0.3) is 5.91 Å². The molecule has 0 unspecified atom stereocenters. The summed E-state index contributed by atoms with van der Waals surface area (Å²) in [5, 5.41) is 0. The Morgan fingerprint density at radius 2 is 2.18 bits per heavy atom. The molecule has 2 saturated heterocycles. The Bertz CT molecular complexity index is 575. The van der Waals surface area contributed by atoms with Gasteiger partial charge in [-0.15, -0.1) is 0 Å². The predicted octanol–water partition coefficient (Wildman–Crippen LogP) is 1.75. The SMILES string of the molecule is CCCOc1ccccc1C(=O)N1CCN2C(=O)OC[C@H]2C1. The van der Waals surface area contributed by atoms with Gasteiger partial charge in [-0.3, -0.25) is 9.69 Å². The first-order valence-corrected chi connectivity index (χ1v) is 7.65. The molecule has 0 radical (unpaired) electrons. The standard InChI is InChI=1S/C16H20N2O4/c1-2-9-21-14-6-4-3-5-13(14)15(19)17-7-8-18-12(10-17)11-22-16(18)20/h3-6,12H,2,7-11H2,1H3/t12-/m1/s1. The number of carbonyl (C=O) groups excluding carboxylic acids is 2. The lowest BCUT2D eigenvalue weighted by Gasteiger charge is -2.35. The van der Waals surface area contributed by atoms with Gasteiger partial charge in [0.05, 0.1) is 18.2 Å². The summed E-state index contributed by atoms with van der Waals surface area (Å²) in [7, 11) is 0. The van der Waals surface area contributed by atoms with E-state index in [1.807, 2.05) is 25.1 Å². The molecular formula is C16H20N2O4. The Kier molecular flexibility index (Phi) is 4.18. The van der Waals surface area contributed by atoms with E-state index in [4.69, 9.17) is 9.47 Å². The zero-order valence-corrected chi connectivity index (χ0v) is 12.7. The number of piperazine rings is 1. The van der Waals surface area contributed by atoms with Gasteiger partial charge in [0.2, 0.25) is 0 Å². The zero-order chi connectivity index (χ0) is 15.5. The van der Waals surface area contributed by atoms with Gasteiger partial charge in [-0.05, 0) is 18.6 Å². The second-order valence-electron chi connectivity index (χ2n) is 5.52. The number of fused-ring (bicyclic) bond motifs is 1. The van der Waals surface area contributed by atoms with Gasteiger partial charge in [0, 0.05) is 19.6 Å². The first kappa shape index (κ1) is 14.7. The molecule has 2 amide bonds. The number of carbonyl (C=O) groups is 2. The van der Waals surface area contributed by atoms with Crippen molar-refractivity contribution in [1.29, 1.82) is 0 Å². The Morgan fingerprint density at radius 1 is 1.36 bits per heavy atom. The van der Waals surface area contributed by atoms with Crippen LogP contribution in [0.3, 0.4) is 0 Å². The smallest absolute Gasteiger partial charge is 0.410 e. The first-order valence-electron chi connectivity index (χ1n) is 7.65. The first-order chi connectivity index (χ1) is 10.7. The van der Waals surface area contributed by atoms with Crippen LogP contribution in [0.4, 0.5) is 4.79 Å². The molecular weight excluding hydrogens is 284 g/mol. The van der Waals surface area contributed by atoms with Gasteiger partial charge < -0.3 is 14.4 Å². The van der Waals surface area contributed by atoms with Gasteiger partial charge in [0.1, 0.15) is 12.4 Å². The predicted molar refractivity (Wildman–Crippen MR) is 80.0 cm³/mol. The maximum atomic E-state index is 12.8. The molecule has 1 aromatic rings. The van der Waals surface area contributed by atoms with Gasteiger partial charge in [-0.1, -0.05) is 19.1 Å². The minimum Gasteiger partial charge on any atom is -0.493 e. The van der Waals surface area contributed by atoms with Crippen molar-refractivity contribution < 1.29 is 19.1 Å². The van der Waals surface area contributed by atoms with Crippen molar-refractivity contribution in [2.45, 2.75) is 19.4 Å². The fraction of sp³-hybridized carbons (Fsp3) is 0.500. The number of nitrogens with zero attached hydrogens (tertiary/aromatic N) is 2. The maximum absolute atomic E-state index is 12.8. The molecule has 0 saturated carbocycles. The second kappa shape index (κ2) is 6.25. The third kappa shape index (κ3) is 2.73. The van der Waals surface area contributed by atoms with Crippen molar-refractivity contribution in [3.05, 3.63) is 29.8 Å². The van der Waals surface area contributed by atoms with Crippen LogP contribution in [0.5, 0.6) is 5.75 Å². The molecule has 0 bridgehead atoms. The van der Waals surface area contributed by atoms with Crippen molar-refractivity contribution in [2.75, 3.05) is 32.8 Å². The van der Waals surface area contributed by atoms with Crippen LogP contribution in [-0.4, -0.2) is 60.7 Å². The Morgan fingerprint density at radius 3 is 3.00 bits per heavy atom. The van der Waals surface area contributed by atoms with Crippen LogP contribution in [0.25, 0.3) is 0 Å². The van der Waals surface area contributed by atoms with E-state index in [1.54, 1.807) is 15.9 Å². The molecule has 1 atom stereocenters. The lowest BCUT2D eigenvalue weighted by Crippen LogP contribution is -2.53. The number of ether oxygens (including phenoxy) is 2. The molecule has 0 spiro atoms. The van der Waals surface area contributed by atoms with Crippen molar-refractivity contribution in [2.24, 2.45) is 0 Å². The molecule has 2 aliphatic rings. The van der Waals surface area contributed by atoms with E-state index in [1.165, 1.54) is 0 Å². The van der Waals surface area contributed by atoms with Gasteiger partial charge >= 0.3 is 6.09 Å². The largest absolute Gasteiger partial charge is 0.493 e. The summed E-state index contributed by atoms with van der Waals surface area (Å²) in [6.07, 6.45) is 0.617. The molecule has 3 rings (SSSR count). The molecule has 0 aromatic heterocycles. The highest BCUT2D eigenvalue weighted by Gasteiger charge is 2.39. The lowest BCUT2D eigenvalue weighted by molar-refractivity contribution is 0.0613. The second-order valence-corrected chi connectivity index (χ2v) is 5.52. The van der Waals surface area contributed by atoms with Crippen molar-refractivity contribution in [3.8, 4) is 5.75 Å². The third-order valence-electron chi connectivity index (χ3n) is 3.98. The summed E-state index contributed by atoms with van der Waals surface area (Å²) >= 11 is 0. The fourth-order valence-electron chi connectivity index (χ4n) is 2.82. The van der Waals surface area contributed by atoms with E-state index < -0.39 is 0 Å². The van der Waals surface area contributed by atoms with Crippen molar-refractivity contribution in [1.82, 2.24) is 9.80 Å². The minimum atomic E-state index is -0.274. The van der Waals surface area contributed by atoms with Gasteiger partial charge in [-0.2, -0.15) is 0 Å². The van der Waals surface area contributed by atoms with Crippen molar-refractivity contribution >= 4 is 12.0 Å². The number of hydrogen-bond acceptors (Lipinski definition) is 4. The van der Waals surface area contributed by atoms with E-state index in [0.29, 0.717) is 44.2 Å². The van der Waals surface area contributed by atoms with Crippen LogP contribution in [0.15, 0.2) is 24.3 Å². The highest BCUT2D eigenvalue weighted by atomic mass is 16.6. The zero-order valence-electron chi connectivity index (χ0n) is 12.7. The summed E-state index contributed by atoms with van der Waals surface area (Å²) in [5.74, 6) is 0.571. The molecule has 118 valence electrons. The fourth-order valence-corrected chi connectivity index (χ4v) is 2.82. The van der Waals surface area contributed by atoms with E-state index in [0.717, 1.165) is 6.42 Å². The highest BCUT2D eigenvalue weighted by Crippen LogP contribution is 2.23. The van der Waals surface area contributed by atoms with Crippen LogP contribution >= 0.6 is 0 Å². The summed E-state index contributed by atoms with van der Waals surface area (Å²) in [4.78, 5) is 27.7. The summed E-state index contributed by atoms with van der Waals surface area (Å²) in [5.41, 5.74) is 0.578. The molecule has 6 nitrogen and oxygen atoms in total. The molecule has 1 aromatic carbocycles. The molecule has 0 N–H and O–H groups in total. The van der Waals surface area contributed by atoms with Crippen LogP contribution in [-0.2, 0) is 4.74 Å². The topological polar surface area (TPSA) is 59.1 Å². The number of hydrogen-bond donors (Lipinski definition) is 0. The molecule has 22 heavy (non-hydrogen) atoms. The van der Waals surface area contributed by atoms with Crippen LogP contribution in [0, 0.1) is 0 Å². The molecule has 0 aliphatic carbocycles. The van der Waals surface area contributed by atoms with Crippen molar-refractivity contribution in [3.63, 3.8) is 0 Å². The van der Waals surface area contributed by atoms with E-state index >= 15 is 0 Å². The van der Waals surface area contributed by atoms with E-state index in [-0.39, 0.29) is 18.0 Å². The molecule has 2 fully saturated rings. The van der Waals surface area contributed by atoms with Crippen LogP contribution in [0.2, 0.25) is 0 Å². The number of benzene rings is 1. The van der Waals surface area contributed by atoms with Crippen LogP contribution < -0.4 is 4.74 Å². The summed E-state index contributed by atoms with van der Waals surface area (Å²) in [6.45, 7) is 4.52.